The highest BCUT2D eigenvalue weighted by Crippen LogP contribution is 2.30. The van der Waals surface area contributed by atoms with E-state index in [1.807, 2.05) is 0 Å². The molecule has 0 saturated carbocycles. The predicted molar refractivity (Wildman–Crippen MR) is 120 cm³/mol. The lowest BCUT2D eigenvalue weighted by molar-refractivity contribution is -0.137. The SMILES string of the molecule is CN1CCC(N2CC[C@H](NC(=O)c3ccc(COc4ccc(C(F)(F)F)cc4)cc3)C2)CC1. The van der Waals surface area contributed by atoms with Crippen LogP contribution in [0, 0.1) is 0 Å². The van der Waals surface area contributed by atoms with Gasteiger partial charge in [0.1, 0.15) is 12.4 Å². The molecular formula is C25H30F3N3O2. The lowest BCUT2D eigenvalue weighted by atomic mass is 10.0. The number of benzene rings is 2. The van der Waals surface area contributed by atoms with Gasteiger partial charge < -0.3 is 15.0 Å². The number of rotatable bonds is 6. The number of halogens is 3. The van der Waals surface area contributed by atoms with Gasteiger partial charge in [-0.25, -0.2) is 0 Å². The van der Waals surface area contributed by atoms with Gasteiger partial charge in [0.05, 0.1) is 5.56 Å². The maximum absolute atomic E-state index is 12.7. The first-order valence-electron chi connectivity index (χ1n) is 11.4. The first-order valence-corrected chi connectivity index (χ1v) is 11.4. The van der Waals surface area contributed by atoms with Gasteiger partial charge >= 0.3 is 6.18 Å². The fourth-order valence-corrected chi connectivity index (χ4v) is 4.52. The molecule has 1 atom stereocenters. The Kier molecular flexibility index (Phi) is 7.24. The van der Waals surface area contributed by atoms with Gasteiger partial charge in [-0.05, 0) is 81.4 Å². The number of carbonyl (C=O) groups is 1. The quantitative estimate of drug-likeness (QED) is 0.701. The Balaban J connectivity index is 1.24. The second-order valence-corrected chi connectivity index (χ2v) is 9.00. The van der Waals surface area contributed by atoms with Crippen molar-refractivity contribution in [3.05, 3.63) is 65.2 Å². The molecule has 0 bridgehead atoms. The van der Waals surface area contributed by atoms with Crippen LogP contribution in [0.25, 0.3) is 0 Å². The summed E-state index contributed by atoms with van der Waals surface area (Å²) >= 11 is 0. The lowest BCUT2D eigenvalue weighted by Gasteiger charge is -2.35. The number of nitrogens with zero attached hydrogens (tertiary/aromatic N) is 2. The van der Waals surface area contributed by atoms with Crippen LogP contribution >= 0.6 is 0 Å². The Morgan fingerprint density at radius 3 is 2.30 bits per heavy atom. The first-order chi connectivity index (χ1) is 15.8. The van der Waals surface area contributed by atoms with E-state index in [0.29, 0.717) is 17.4 Å². The first kappa shape index (κ1) is 23.6. The number of likely N-dealkylation sites (tertiary alicyclic amines) is 2. The zero-order chi connectivity index (χ0) is 23.4. The summed E-state index contributed by atoms with van der Waals surface area (Å²) in [7, 11) is 2.16. The van der Waals surface area contributed by atoms with Crippen LogP contribution < -0.4 is 10.1 Å². The van der Waals surface area contributed by atoms with Crippen molar-refractivity contribution in [2.75, 3.05) is 33.2 Å². The minimum absolute atomic E-state index is 0.0829. The van der Waals surface area contributed by atoms with E-state index in [4.69, 9.17) is 4.74 Å². The van der Waals surface area contributed by atoms with E-state index in [9.17, 15) is 18.0 Å². The van der Waals surface area contributed by atoms with Crippen LogP contribution in [-0.4, -0.2) is 61.0 Å². The molecule has 2 aliphatic rings. The molecule has 4 rings (SSSR count). The Hall–Kier alpha value is -2.58. The summed E-state index contributed by atoms with van der Waals surface area (Å²) in [5.41, 5.74) is 0.716. The van der Waals surface area contributed by atoms with Crippen LogP contribution in [0.5, 0.6) is 5.75 Å². The molecule has 1 N–H and O–H groups in total. The van der Waals surface area contributed by atoms with Crippen molar-refractivity contribution < 1.29 is 22.7 Å². The summed E-state index contributed by atoms with van der Waals surface area (Å²) in [5, 5.41) is 3.15. The second-order valence-electron chi connectivity index (χ2n) is 9.00. The van der Waals surface area contributed by atoms with Gasteiger partial charge in [-0.2, -0.15) is 13.2 Å². The Morgan fingerprint density at radius 1 is 1.00 bits per heavy atom. The van der Waals surface area contributed by atoms with Crippen molar-refractivity contribution in [2.24, 2.45) is 0 Å². The van der Waals surface area contributed by atoms with Crippen LogP contribution in [0.3, 0.4) is 0 Å². The molecule has 0 aromatic heterocycles. The van der Waals surface area contributed by atoms with Gasteiger partial charge in [-0.3, -0.25) is 9.69 Å². The number of amides is 1. The van der Waals surface area contributed by atoms with Gasteiger partial charge in [0.15, 0.2) is 0 Å². The van der Waals surface area contributed by atoms with E-state index in [-0.39, 0.29) is 18.6 Å². The molecule has 1 amide bonds. The Labute approximate surface area is 192 Å². The van der Waals surface area contributed by atoms with E-state index >= 15 is 0 Å². The van der Waals surface area contributed by atoms with Crippen molar-refractivity contribution >= 4 is 5.91 Å². The fraction of sp³-hybridized carbons (Fsp3) is 0.480. The lowest BCUT2D eigenvalue weighted by Crippen LogP contribution is -2.44. The Bertz CT molecular complexity index is 923. The summed E-state index contributed by atoms with van der Waals surface area (Å²) in [4.78, 5) is 17.5. The normalized spacial score (nSPS) is 20.7. The molecule has 2 aliphatic heterocycles. The highest BCUT2D eigenvalue weighted by molar-refractivity contribution is 5.94. The molecule has 33 heavy (non-hydrogen) atoms. The third kappa shape index (κ3) is 6.26. The average molecular weight is 462 g/mol. The molecule has 0 radical (unpaired) electrons. The number of alkyl halides is 3. The van der Waals surface area contributed by atoms with E-state index in [1.165, 1.54) is 25.0 Å². The molecule has 0 spiro atoms. The van der Waals surface area contributed by atoms with Crippen LogP contribution in [0.4, 0.5) is 13.2 Å². The maximum Gasteiger partial charge on any atom is 0.416 e. The van der Waals surface area contributed by atoms with Crippen molar-refractivity contribution in [1.82, 2.24) is 15.1 Å². The van der Waals surface area contributed by atoms with E-state index < -0.39 is 11.7 Å². The molecule has 5 nitrogen and oxygen atoms in total. The van der Waals surface area contributed by atoms with Gasteiger partial charge in [-0.1, -0.05) is 12.1 Å². The molecular weight excluding hydrogens is 431 g/mol. The van der Waals surface area contributed by atoms with Gasteiger partial charge in [0.2, 0.25) is 0 Å². The third-order valence-corrected chi connectivity index (χ3v) is 6.56. The van der Waals surface area contributed by atoms with Gasteiger partial charge in [-0.15, -0.1) is 0 Å². The van der Waals surface area contributed by atoms with Gasteiger partial charge in [0.25, 0.3) is 5.91 Å². The van der Waals surface area contributed by atoms with Crippen LogP contribution in [0.15, 0.2) is 48.5 Å². The molecule has 2 aromatic carbocycles. The largest absolute Gasteiger partial charge is 0.489 e. The van der Waals surface area contributed by atoms with Crippen LogP contribution in [0.2, 0.25) is 0 Å². The topological polar surface area (TPSA) is 44.8 Å². The Morgan fingerprint density at radius 2 is 1.67 bits per heavy atom. The van der Waals surface area contributed by atoms with Crippen molar-refractivity contribution in [2.45, 2.75) is 44.1 Å². The fourth-order valence-electron chi connectivity index (χ4n) is 4.52. The van der Waals surface area contributed by atoms with Crippen LogP contribution in [0.1, 0.15) is 40.7 Å². The zero-order valence-corrected chi connectivity index (χ0v) is 18.8. The number of nitrogens with one attached hydrogen (secondary N) is 1. The highest BCUT2D eigenvalue weighted by atomic mass is 19.4. The summed E-state index contributed by atoms with van der Waals surface area (Å²) < 4.78 is 43.5. The minimum Gasteiger partial charge on any atom is -0.489 e. The summed E-state index contributed by atoms with van der Waals surface area (Å²) in [5.74, 6) is 0.278. The average Bonchev–Trinajstić information content (AvgIpc) is 3.26. The molecule has 8 heteroatoms. The monoisotopic (exact) mass is 461 g/mol. The molecule has 2 aromatic rings. The smallest absolute Gasteiger partial charge is 0.416 e. The minimum atomic E-state index is -4.36. The third-order valence-electron chi connectivity index (χ3n) is 6.56. The van der Waals surface area contributed by atoms with Crippen molar-refractivity contribution in [3.8, 4) is 5.75 Å². The number of ether oxygens (including phenoxy) is 1. The highest BCUT2D eigenvalue weighted by Gasteiger charge is 2.31. The molecule has 2 heterocycles. The standard InChI is InChI=1S/C25H30F3N3O2/c1-30-13-11-22(12-14-30)31-15-10-21(16-31)29-24(32)19-4-2-18(3-5-19)17-33-23-8-6-20(7-9-23)25(26,27)28/h2-9,21-22H,10-17H2,1H3,(H,29,32)/t21-/m0/s1. The summed E-state index contributed by atoms with van der Waals surface area (Å²) in [6.45, 7) is 4.40. The summed E-state index contributed by atoms with van der Waals surface area (Å²) in [6, 6.07) is 12.5. The zero-order valence-electron chi connectivity index (χ0n) is 18.8. The van der Waals surface area contributed by atoms with E-state index in [2.05, 4.69) is 22.2 Å². The summed E-state index contributed by atoms with van der Waals surface area (Å²) in [6.07, 6.45) is -1.02. The second kappa shape index (κ2) is 10.1. The van der Waals surface area contributed by atoms with Crippen molar-refractivity contribution in [1.29, 1.82) is 0 Å². The molecule has 178 valence electrons. The van der Waals surface area contributed by atoms with E-state index in [1.54, 1.807) is 24.3 Å². The molecule has 2 fully saturated rings. The van der Waals surface area contributed by atoms with Gasteiger partial charge in [0, 0.05) is 30.7 Å². The number of carbonyl (C=O) groups excluding carboxylic acids is 1. The number of hydrogen-bond acceptors (Lipinski definition) is 4. The molecule has 0 aliphatic carbocycles. The number of piperidine rings is 1. The number of hydrogen-bond donors (Lipinski definition) is 1. The molecule has 0 unspecified atom stereocenters. The van der Waals surface area contributed by atoms with Crippen molar-refractivity contribution in [3.63, 3.8) is 0 Å². The predicted octanol–water partition coefficient (Wildman–Crippen LogP) is 4.18. The molecule has 2 saturated heterocycles. The van der Waals surface area contributed by atoms with Crippen LogP contribution in [-0.2, 0) is 12.8 Å². The van der Waals surface area contributed by atoms with E-state index in [0.717, 1.165) is 50.3 Å². The maximum atomic E-state index is 12.7.